The van der Waals surface area contributed by atoms with E-state index in [1.807, 2.05) is 27.2 Å². The normalized spacial score (nSPS) is 14.1. The third kappa shape index (κ3) is 50.7. The highest BCUT2D eigenvalue weighted by Crippen LogP contribution is 2.38. The van der Waals surface area contributed by atoms with Crippen molar-refractivity contribution in [3.63, 3.8) is 0 Å². The van der Waals surface area contributed by atoms with Gasteiger partial charge in [-0.1, -0.05) is 250 Å². The van der Waals surface area contributed by atoms with Crippen molar-refractivity contribution in [3.8, 4) is 0 Å². The number of hydrogen-bond donors (Lipinski definition) is 2. The number of amides is 1. The van der Waals surface area contributed by atoms with E-state index in [-0.39, 0.29) is 19.1 Å². The maximum absolute atomic E-state index is 12.9. The molecule has 3 unspecified atom stereocenters. The molecule has 0 saturated heterocycles. The molecule has 0 radical (unpaired) electrons. The second-order valence-electron chi connectivity index (χ2n) is 20.6. The summed E-state index contributed by atoms with van der Waals surface area (Å²) in [6.45, 7) is 4.66. The number of carbonyl (C=O) groups excluding carboxylic acids is 1. The van der Waals surface area contributed by atoms with Gasteiger partial charge in [-0.25, -0.2) is 0 Å². The third-order valence-corrected chi connectivity index (χ3v) is 13.9. The van der Waals surface area contributed by atoms with E-state index in [4.69, 9.17) is 9.05 Å². The Kier molecular flexibility index (Phi) is 47.3. The Balaban J connectivity index is 4.00. The monoisotopic (exact) mass is 939 g/mol. The molecular formula is C56H111N2O6P. The number of allylic oxidation sites excluding steroid dienone is 3. The number of aliphatic hydroxyl groups excluding tert-OH is 1. The Morgan fingerprint density at radius 2 is 0.846 bits per heavy atom. The van der Waals surface area contributed by atoms with Crippen LogP contribution in [0.15, 0.2) is 24.3 Å². The number of phosphoric acid groups is 1. The standard InChI is InChI=1S/C56H111N2O6P/c1-6-8-10-12-14-16-18-20-21-22-23-24-25-26-27-28-29-30-31-32-33-34-35-36-37-38-40-42-44-46-48-50-56(60)57-54(53-64-65(61,62)63-52-51-58(3,4)5)55(59)49-47-45-43-41-39-19-17-15-13-11-9-7-2/h22-23,47,49,54-55,59H,6-21,24-46,48,50-53H2,1-5H3,(H-,57,60,61,62)/b23-22-,49-47+. The molecule has 0 aliphatic carbocycles. The van der Waals surface area contributed by atoms with Gasteiger partial charge in [0.25, 0.3) is 7.82 Å². The summed E-state index contributed by atoms with van der Waals surface area (Å²) in [6, 6.07) is -0.882. The van der Waals surface area contributed by atoms with Gasteiger partial charge in [-0.3, -0.25) is 9.36 Å². The van der Waals surface area contributed by atoms with Crippen molar-refractivity contribution in [1.29, 1.82) is 0 Å². The van der Waals surface area contributed by atoms with Crippen LogP contribution in [-0.4, -0.2) is 68.5 Å². The van der Waals surface area contributed by atoms with Crippen LogP contribution in [0.2, 0.25) is 0 Å². The van der Waals surface area contributed by atoms with Gasteiger partial charge in [-0.05, 0) is 44.9 Å². The molecule has 0 spiro atoms. The van der Waals surface area contributed by atoms with Crippen LogP contribution in [0.1, 0.15) is 277 Å². The van der Waals surface area contributed by atoms with Crippen molar-refractivity contribution in [2.45, 2.75) is 289 Å². The molecular weight excluding hydrogens is 828 g/mol. The van der Waals surface area contributed by atoms with Crippen LogP contribution in [0.5, 0.6) is 0 Å². The Morgan fingerprint density at radius 1 is 0.523 bits per heavy atom. The van der Waals surface area contributed by atoms with Crippen LogP contribution < -0.4 is 10.2 Å². The van der Waals surface area contributed by atoms with Crippen LogP contribution in [0.3, 0.4) is 0 Å². The molecule has 0 aliphatic rings. The van der Waals surface area contributed by atoms with E-state index in [0.29, 0.717) is 17.4 Å². The molecule has 0 aliphatic heterocycles. The third-order valence-electron chi connectivity index (χ3n) is 12.9. The fourth-order valence-electron chi connectivity index (χ4n) is 8.44. The maximum atomic E-state index is 12.9. The highest BCUT2D eigenvalue weighted by molar-refractivity contribution is 7.45. The number of unbranched alkanes of at least 4 members (excludes halogenated alkanes) is 37. The molecule has 0 bridgehead atoms. The van der Waals surface area contributed by atoms with Gasteiger partial charge in [0.15, 0.2) is 0 Å². The number of likely N-dealkylation sites (N-methyl/N-ethyl adjacent to an activating group) is 1. The smallest absolute Gasteiger partial charge is 0.268 e. The lowest BCUT2D eigenvalue weighted by atomic mass is 10.0. The second-order valence-corrected chi connectivity index (χ2v) is 22.1. The minimum absolute atomic E-state index is 0.00122. The van der Waals surface area contributed by atoms with Gasteiger partial charge in [-0.15, -0.1) is 0 Å². The number of aliphatic hydroxyl groups is 1. The van der Waals surface area contributed by atoms with E-state index in [0.717, 1.165) is 38.5 Å². The molecule has 9 heteroatoms. The number of nitrogens with zero attached hydrogens (tertiary/aromatic N) is 1. The summed E-state index contributed by atoms with van der Waals surface area (Å²) in [5.41, 5.74) is 0. The summed E-state index contributed by atoms with van der Waals surface area (Å²) in [5, 5.41) is 13.8. The van der Waals surface area contributed by atoms with Gasteiger partial charge in [-0.2, -0.15) is 0 Å². The molecule has 0 heterocycles. The first kappa shape index (κ1) is 64.0. The zero-order chi connectivity index (χ0) is 47.8. The molecule has 3 atom stereocenters. The maximum Gasteiger partial charge on any atom is 0.268 e. The predicted octanol–water partition coefficient (Wildman–Crippen LogP) is 16.2. The van der Waals surface area contributed by atoms with Crippen molar-refractivity contribution in [3.05, 3.63) is 24.3 Å². The fourth-order valence-corrected chi connectivity index (χ4v) is 9.17. The van der Waals surface area contributed by atoms with Gasteiger partial charge in [0.1, 0.15) is 13.2 Å². The minimum Gasteiger partial charge on any atom is -0.756 e. The zero-order valence-electron chi connectivity index (χ0n) is 44.0. The Hall–Kier alpha value is -1.02. The van der Waals surface area contributed by atoms with Gasteiger partial charge in [0.05, 0.1) is 39.9 Å². The van der Waals surface area contributed by atoms with Gasteiger partial charge in [0.2, 0.25) is 5.91 Å². The van der Waals surface area contributed by atoms with Crippen LogP contribution in [-0.2, 0) is 18.4 Å². The largest absolute Gasteiger partial charge is 0.756 e. The highest BCUT2D eigenvalue weighted by Gasteiger charge is 2.23. The average Bonchev–Trinajstić information content (AvgIpc) is 3.26. The molecule has 0 fully saturated rings. The molecule has 0 aromatic heterocycles. The summed E-state index contributed by atoms with van der Waals surface area (Å²) in [7, 11) is 1.27. The lowest BCUT2D eigenvalue weighted by Gasteiger charge is -2.29. The highest BCUT2D eigenvalue weighted by atomic mass is 31.2. The minimum atomic E-state index is -4.59. The van der Waals surface area contributed by atoms with Crippen LogP contribution in [0.25, 0.3) is 0 Å². The first-order valence-corrected chi connectivity index (χ1v) is 29.7. The van der Waals surface area contributed by atoms with E-state index in [2.05, 4.69) is 31.3 Å². The molecule has 0 saturated carbocycles. The summed E-state index contributed by atoms with van der Waals surface area (Å²) < 4.78 is 23.3. The molecule has 2 N–H and O–H groups in total. The number of rotatable bonds is 52. The summed E-state index contributed by atoms with van der Waals surface area (Å²) >= 11 is 0. The van der Waals surface area contributed by atoms with E-state index in [1.54, 1.807) is 6.08 Å². The molecule has 65 heavy (non-hydrogen) atoms. The topological polar surface area (TPSA) is 108 Å². The fraction of sp³-hybridized carbons (Fsp3) is 0.911. The first-order valence-electron chi connectivity index (χ1n) is 28.2. The number of hydrogen-bond acceptors (Lipinski definition) is 6. The van der Waals surface area contributed by atoms with Crippen molar-refractivity contribution in [2.75, 3.05) is 40.9 Å². The number of quaternary nitrogens is 1. The molecule has 8 nitrogen and oxygen atoms in total. The molecule has 386 valence electrons. The van der Waals surface area contributed by atoms with E-state index < -0.39 is 20.0 Å². The molecule has 1 amide bonds. The number of carbonyl (C=O) groups is 1. The summed E-state index contributed by atoms with van der Waals surface area (Å²) in [5.74, 6) is -0.194. The Labute approximate surface area is 404 Å². The Bertz CT molecular complexity index is 1110. The number of nitrogens with one attached hydrogen (secondary N) is 1. The first-order chi connectivity index (χ1) is 31.5. The molecule has 0 aromatic carbocycles. The Morgan fingerprint density at radius 3 is 1.20 bits per heavy atom. The summed E-state index contributed by atoms with van der Waals surface area (Å²) in [6.07, 6.45) is 59.8. The van der Waals surface area contributed by atoms with Gasteiger partial charge < -0.3 is 28.8 Å². The lowest BCUT2D eigenvalue weighted by molar-refractivity contribution is -0.870. The van der Waals surface area contributed by atoms with Crippen LogP contribution >= 0.6 is 7.82 Å². The predicted molar refractivity (Wildman–Crippen MR) is 279 cm³/mol. The zero-order valence-corrected chi connectivity index (χ0v) is 44.9. The van der Waals surface area contributed by atoms with Crippen LogP contribution in [0.4, 0.5) is 0 Å². The van der Waals surface area contributed by atoms with Crippen molar-refractivity contribution in [1.82, 2.24) is 5.32 Å². The summed E-state index contributed by atoms with van der Waals surface area (Å²) in [4.78, 5) is 25.4. The molecule has 0 aromatic rings. The second kappa shape index (κ2) is 48.0. The molecule has 0 rings (SSSR count). The van der Waals surface area contributed by atoms with Gasteiger partial charge >= 0.3 is 0 Å². The van der Waals surface area contributed by atoms with Crippen molar-refractivity contribution in [2.24, 2.45) is 0 Å². The number of phosphoric ester groups is 1. The average molecular weight is 939 g/mol. The van der Waals surface area contributed by atoms with Crippen LogP contribution in [0, 0.1) is 0 Å². The van der Waals surface area contributed by atoms with E-state index in [1.165, 1.54) is 218 Å². The van der Waals surface area contributed by atoms with Crippen molar-refractivity contribution >= 4 is 13.7 Å². The van der Waals surface area contributed by atoms with E-state index >= 15 is 0 Å². The lowest BCUT2D eigenvalue weighted by Crippen LogP contribution is -2.45. The van der Waals surface area contributed by atoms with E-state index in [9.17, 15) is 19.4 Å². The van der Waals surface area contributed by atoms with Gasteiger partial charge in [0, 0.05) is 6.42 Å². The van der Waals surface area contributed by atoms with Crippen molar-refractivity contribution < 1.29 is 32.9 Å². The quantitative estimate of drug-likeness (QED) is 0.0272. The SMILES string of the molecule is CCCCCCCCCC/C=C\CCCCCCCCCCCCCCCCCCCCCC(=O)NC(COP(=O)([O-])OCC[N+](C)(C)C)C(O)/C=C/CCCCCCCCCCCC.